The van der Waals surface area contributed by atoms with Crippen LogP contribution < -0.4 is 4.98 Å². The number of para-hydroxylation sites is 2. The van der Waals surface area contributed by atoms with Crippen molar-refractivity contribution >= 4 is 43.7 Å². The van der Waals surface area contributed by atoms with Crippen LogP contribution in [0.15, 0.2) is 193 Å². The normalized spacial score (nSPS) is 11.0. The Kier molecular flexibility index (Phi) is 9.80. The monoisotopic (exact) mass is 908 g/mol. The quantitative estimate of drug-likeness (QED) is 0.161. The van der Waals surface area contributed by atoms with Crippen LogP contribution in [0.2, 0.25) is 0 Å². The SMILES string of the molecule is [Ir+3].[c-]1c(-c2ccccn2)cc2c(oc3cc(-c4ccccc4)ccc32)c1-c1ccccn1.[c-]1ccccc1-c1cccc(-c2cccc3c2[n-]c2ccccc23)n1. The molecule has 5 nitrogen and oxygen atoms in total. The summed E-state index contributed by atoms with van der Waals surface area (Å²) >= 11 is 0. The van der Waals surface area contributed by atoms with Gasteiger partial charge in [-0.1, -0.05) is 132 Å². The van der Waals surface area contributed by atoms with Gasteiger partial charge in [0.1, 0.15) is 5.58 Å². The van der Waals surface area contributed by atoms with Gasteiger partial charge in [0, 0.05) is 29.2 Å². The maximum atomic E-state index is 6.40. The zero-order valence-electron chi connectivity index (χ0n) is 30.4. The number of pyridine rings is 3. The van der Waals surface area contributed by atoms with E-state index in [1.165, 1.54) is 10.8 Å². The molecule has 57 heavy (non-hydrogen) atoms. The molecule has 6 heteroatoms. The summed E-state index contributed by atoms with van der Waals surface area (Å²) in [6.07, 6.45) is 3.59. The molecule has 5 heterocycles. The molecule has 0 saturated carbocycles. The largest absolute Gasteiger partial charge is 3.00 e. The van der Waals surface area contributed by atoms with Crippen molar-refractivity contribution in [3.63, 3.8) is 0 Å². The molecule has 0 unspecified atom stereocenters. The van der Waals surface area contributed by atoms with Crippen molar-refractivity contribution in [3.05, 3.63) is 200 Å². The number of hydrogen-bond acceptors (Lipinski definition) is 4. The maximum absolute atomic E-state index is 6.40. The Morgan fingerprint density at radius 2 is 1.21 bits per heavy atom. The van der Waals surface area contributed by atoms with Crippen LogP contribution in [0, 0.1) is 12.1 Å². The molecule has 0 saturated heterocycles. The van der Waals surface area contributed by atoms with Gasteiger partial charge >= 0.3 is 20.1 Å². The summed E-state index contributed by atoms with van der Waals surface area (Å²) in [6.45, 7) is 0. The second-order valence-corrected chi connectivity index (χ2v) is 13.4. The molecule has 0 radical (unpaired) electrons. The van der Waals surface area contributed by atoms with E-state index in [0.29, 0.717) is 0 Å². The summed E-state index contributed by atoms with van der Waals surface area (Å²) in [5.74, 6) is 0. The number of furan rings is 1. The number of fused-ring (bicyclic) bond motifs is 6. The molecule has 0 N–H and O–H groups in total. The summed E-state index contributed by atoms with van der Waals surface area (Å²) in [6, 6.07) is 65.9. The van der Waals surface area contributed by atoms with Crippen LogP contribution in [0.1, 0.15) is 0 Å². The average molecular weight is 908 g/mol. The van der Waals surface area contributed by atoms with Crippen LogP contribution in [0.3, 0.4) is 0 Å². The molecular formula is C51H31IrN4O. The van der Waals surface area contributed by atoms with Crippen LogP contribution in [0.25, 0.3) is 99.9 Å². The van der Waals surface area contributed by atoms with Gasteiger partial charge in [0.25, 0.3) is 0 Å². The van der Waals surface area contributed by atoms with E-state index in [0.717, 1.165) is 89.1 Å². The Bertz CT molecular complexity index is 3130. The number of hydrogen-bond donors (Lipinski definition) is 0. The Morgan fingerprint density at radius 1 is 0.491 bits per heavy atom. The van der Waals surface area contributed by atoms with Gasteiger partial charge in [0.05, 0.1) is 11.3 Å². The van der Waals surface area contributed by atoms with Crippen LogP contribution in [0.5, 0.6) is 0 Å². The first kappa shape index (κ1) is 35.7. The van der Waals surface area contributed by atoms with Crippen molar-refractivity contribution in [2.45, 2.75) is 0 Å². The van der Waals surface area contributed by atoms with Gasteiger partial charge in [-0.2, -0.15) is 0 Å². The minimum Gasteiger partial charge on any atom is -0.656 e. The zero-order valence-corrected chi connectivity index (χ0v) is 32.8. The van der Waals surface area contributed by atoms with Gasteiger partial charge in [0.2, 0.25) is 0 Å². The Labute approximate surface area is 343 Å². The zero-order chi connectivity index (χ0) is 37.3. The summed E-state index contributed by atoms with van der Waals surface area (Å²) in [4.78, 5) is 18.8. The second kappa shape index (κ2) is 15.6. The van der Waals surface area contributed by atoms with Crippen molar-refractivity contribution in [1.82, 2.24) is 19.9 Å². The minimum atomic E-state index is 0. The van der Waals surface area contributed by atoms with Crippen molar-refractivity contribution in [3.8, 4) is 56.2 Å². The van der Waals surface area contributed by atoms with E-state index in [-0.39, 0.29) is 20.1 Å². The Balaban J connectivity index is 0.000000149. The van der Waals surface area contributed by atoms with E-state index in [9.17, 15) is 0 Å². The van der Waals surface area contributed by atoms with Gasteiger partial charge in [-0.15, -0.1) is 59.1 Å². The van der Waals surface area contributed by atoms with Crippen LogP contribution in [0.4, 0.5) is 0 Å². The molecular weight excluding hydrogens is 877 g/mol. The molecule has 0 amide bonds. The first-order valence-corrected chi connectivity index (χ1v) is 18.5. The molecule has 0 aliphatic rings. The summed E-state index contributed by atoms with van der Waals surface area (Å²) in [5.41, 5.74) is 13.3. The number of nitrogens with zero attached hydrogens (tertiary/aromatic N) is 4. The third-order valence-corrected chi connectivity index (χ3v) is 9.95. The molecule has 5 aromatic heterocycles. The van der Waals surface area contributed by atoms with Crippen molar-refractivity contribution in [2.24, 2.45) is 0 Å². The summed E-state index contributed by atoms with van der Waals surface area (Å²) < 4.78 is 6.40. The van der Waals surface area contributed by atoms with Crippen molar-refractivity contribution in [2.75, 3.05) is 0 Å². The van der Waals surface area contributed by atoms with Gasteiger partial charge in [-0.05, 0) is 62.8 Å². The van der Waals surface area contributed by atoms with Gasteiger partial charge in [-0.25, -0.2) is 0 Å². The van der Waals surface area contributed by atoms with Crippen LogP contribution >= 0.6 is 0 Å². The van der Waals surface area contributed by atoms with Crippen LogP contribution in [-0.2, 0) is 20.1 Å². The molecule has 0 spiro atoms. The van der Waals surface area contributed by atoms with E-state index in [1.54, 1.807) is 12.4 Å². The fourth-order valence-electron chi connectivity index (χ4n) is 7.27. The van der Waals surface area contributed by atoms with Crippen LogP contribution in [-0.4, -0.2) is 15.0 Å². The first-order chi connectivity index (χ1) is 27.8. The third-order valence-electron chi connectivity index (χ3n) is 9.95. The smallest absolute Gasteiger partial charge is 0.656 e. The second-order valence-electron chi connectivity index (χ2n) is 13.4. The molecule has 0 fully saturated rings. The van der Waals surface area contributed by atoms with Gasteiger partial charge in [-0.3, -0.25) is 15.0 Å². The maximum Gasteiger partial charge on any atom is 3.00 e. The third kappa shape index (κ3) is 6.93. The predicted molar refractivity (Wildman–Crippen MR) is 227 cm³/mol. The van der Waals surface area contributed by atoms with Crippen molar-refractivity contribution in [1.29, 1.82) is 0 Å². The van der Waals surface area contributed by atoms with E-state index in [4.69, 9.17) is 14.4 Å². The number of aromatic nitrogens is 4. The Morgan fingerprint density at radius 3 is 2.02 bits per heavy atom. The molecule has 11 rings (SSSR count). The topological polar surface area (TPSA) is 65.9 Å². The Hall–Kier alpha value is -6.98. The fraction of sp³-hybridized carbons (Fsp3) is 0. The standard InChI is InChI=1S/C28H17N2O.C23H14N2.Ir/c1-2-8-19(9-3-1)20-12-13-22-23-16-21(25-10-4-6-14-29-25)17-24(26-11-5-7-15-30-26)28(23)31-27(22)18-20;1-2-8-16(9-3-1)20-14-7-15-22(24-20)19-12-6-11-18-17-10-4-5-13-21(17)25-23(18)19;/h1-16,18H;1-8,10-15H;/q-1;-2;+3. The summed E-state index contributed by atoms with van der Waals surface area (Å²) in [7, 11) is 0. The number of rotatable bonds is 5. The molecule has 0 bridgehead atoms. The molecule has 0 aliphatic heterocycles. The van der Waals surface area contributed by atoms with E-state index >= 15 is 0 Å². The van der Waals surface area contributed by atoms with Gasteiger partial charge < -0.3 is 9.40 Å². The molecule has 0 aliphatic carbocycles. The molecule has 0 atom stereocenters. The van der Waals surface area contributed by atoms with Crippen molar-refractivity contribution < 1.29 is 24.5 Å². The fourth-order valence-corrected chi connectivity index (χ4v) is 7.27. The van der Waals surface area contributed by atoms with E-state index in [2.05, 4.69) is 94.9 Å². The first-order valence-electron chi connectivity index (χ1n) is 18.5. The molecule has 270 valence electrons. The molecule has 6 aromatic carbocycles. The van der Waals surface area contributed by atoms with E-state index in [1.807, 2.05) is 103 Å². The summed E-state index contributed by atoms with van der Waals surface area (Å²) in [5, 5.41) is 4.46. The average Bonchev–Trinajstić information content (AvgIpc) is 3.86. The minimum absolute atomic E-state index is 0. The number of benzene rings is 6. The van der Waals surface area contributed by atoms with Gasteiger partial charge in [0.15, 0.2) is 0 Å². The predicted octanol–water partition coefficient (Wildman–Crippen LogP) is 12.7. The van der Waals surface area contributed by atoms with E-state index < -0.39 is 0 Å². The molecule has 11 aromatic rings.